The lowest BCUT2D eigenvalue weighted by Crippen LogP contribution is -2.46. The molecule has 0 aromatic heterocycles. The lowest BCUT2D eigenvalue weighted by Gasteiger charge is -2.31. The van der Waals surface area contributed by atoms with Crippen LogP contribution in [0.15, 0.2) is 99.6 Å². The largest absolute Gasteiger partial charge is 0.476 e. The van der Waals surface area contributed by atoms with Gasteiger partial charge in [-0.05, 0) is 61.9 Å². The van der Waals surface area contributed by atoms with Crippen LogP contribution in [0.1, 0.15) is 19.8 Å². The van der Waals surface area contributed by atoms with Crippen molar-refractivity contribution in [2.24, 2.45) is 0 Å². The van der Waals surface area contributed by atoms with Gasteiger partial charge in [-0.1, -0.05) is 36.4 Å². The summed E-state index contributed by atoms with van der Waals surface area (Å²) in [7, 11) is -0.194. The Bertz CT molecular complexity index is 886. The first kappa shape index (κ1) is 18.6. The van der Waals surface area contributed by atoms with Gasteiger partial charge < -0.3 is 9.47 Å². The monoisotopic (exact) mass is 391 g/mol. The van der Waals surface area contributed by atoms with E-state index < -0.39 is 5.60 Å². The second kappa shape index (κ2) is 8.11. The summed E-state index contributed by atoms with van der Waals surface area (Å²) >= 11 is 0. The molecular formula is C24H23O3S+. The maximum atomic E-state index is 12.1. The average Bonchev–Trinajstić information content (AvgIpc) is 2.73. The molecule has 0 spiro atoms. The first-order valence-electron chi connectivity index (χ1n) is 9.46. The third kappa shape index (κ3) is 3.92. The van der Waals surface area contributed by atoms with Gasteiger partial charge in [0.2, 0.25) is 5.60 Å². The lowest BCUT2D eigenvalue weighted by atomic mass is 9.98. The zero-order valence-electron chi connectivity index (χ0n) is 15.8. The fourth-order valence-corrected chi connectivity index (χ4v) is 5.43. The molecule has 1 aliphatic rings. The summed E-state index contributed by atoms with van der Waals surface area (Å²) < 4.78 is 11.2. The Hall–Kier alpha value is -2.72. The average molecular weight is 392 g/mol. The smallest absolute Gasteiger partial charge is 0.350 e. The van der Waals surface area contributed by atoms with Gasteiger partial charge >= 0.3 is 5.97 Å². The second-order valence-electron chi connectivity index (χ2n) is 6.98. The molecular weight excluding hydrogens is 368 g/mol. The molecule has 0 bridgehead atoms. The van der Waals surface area contributed by atoms with E-state index in [0.29, 0.717) is 18.8 Å². The summed E-state index contributed by atoms with van der Waals surface area (Å²) in [5.74, 6) is 0.408. The predicted octanol–water partition coefficient (Wildman–Crippen LogP) is 5.26. The minimum Gasteiger partial charge on any atom is -0.476 e. The summed E-state index contributed by atoms with van der Waals surface area (Å²) in [6.07, 6.45) is 1.50. The highest BCUT2D eigenvalue weighted by Gasteiger charge is 2.40. The van der Waals surface area contributed by atoms with E-state index in [1.54, 1.807) is 6.92 Å². The zero-order chi connectivity index (χ0) is 19.4. The van der Waals surface area contributed by atoms with Gasteiger partial charge in [-0.3, -0.25) is 0 Å². The van der Waals surface area contributed by atoms with Crippen LogP contribution in [0.4, 0.5) is 0 Å². The summed E-state index contributed by atoms with van der Waals surface area (Å²) in [4.78, 5) is 15.9. The van der Waals surface area contributed by atoms with Gasteiger partial charge in [0.05, 0.1) is 17.5 Å². The van der Waals surface area contributed by atoms with Crippen LogP contribution in [0, 0.1) is 0 Å². The van der Waals surface area contributed by atoms with E-state index in [1.165, 1.54) is 14.7 Å². The van der Waals surface area contributed by atoms with Crippen LogP contribution in [-0.4, -0.2) is 18.2 Å². The normalized spacial score (nSPS) is 19.3. The minimum atomic E-state index is -0.902. The Labute approximate surface area is 168 Å². The highest BCUT2D eigenvalue weighted by atomic mass is 32.2. The summed E-state index contributed by atoms with van der Waals surface area (Å²) in [5.41, 5.74) is -0.902. The van der Waals surface area contributed by atoms with Crippen molar-refractivity contribution >= 4 is 16.9 Å². The summed E-state index contributed by atoms with van der Waals surface area (Å²) in [6.45, 7) is 2.29. The van der Waals surface area contributed by atoms with Gasteiger partial charge in [0.1, 0.15) is 5.75 Å². The topological polar surface area (TPSA) is 35.5 Å². The Balaban J connectivity index is 1.63. The van der Waals surface area contributed by atoms with Crippen molar-refractivity contribution in [3.8, 4) is 5.75 Å². The van der Waals surface area contributed by atoms with E-state index in [4.69, 9.17) is 9.47 Å². The van der Waals surface area contributed by atoms with Crippen LogP contribution in [-0.2, 0) is 20.4 Å². The third-order valence-electron chi connectivity index (χ3n) is 4.82. The van der Waals surface area contributed by atoms with Crippen LogP contribution in [0.25, 0.3) is 0 Å². The number of rotatable bonds is 5. The van der Waals surface area contributed by atoms with E-state index in [0.717, 1.165) is 6.42 Å². The van der Waals surface area contributed by atoms with Crippen molar-refractivity contribution in [1.29, 1.82) is 0 Å². The first-order chi connectivity index (χ1) is 13.7. The van der Waals surface area contributed by atoms with Crippen molar-refractivity contribution in [2.75, 3.05) is 6.61 Å². The van der Waals surface area contributed by atoms with Crippen LogP contribution in [0.2, 0.25) is 0 Å². The highest BCUT2D eigenvalue weighted by molar-refractivity contribution is 7.97. The Morgan fingerprint density at radius 3 is 1.89 bits per heavy atom. The number of hydrogen-bond acceptors (Lipinski definition) is 3. The number of esters is 1. The molecule has 3 aromatic rings. The number of carbonyl (C=O) groups excluding carboxylic acids is 1. The molecule has 1 atom stereocenters. The van der Waals surface area contributed by atoms with E-state index in [1.807, 2.05) is 24.3 Å². The summed E-state index contributed by atoms with van der Waals surface area (Å²) in [5, 5.41) is 0. The molecule has 0 radical (unpaired) electrons. The van der Waals surface area contributed by atoms with Crippen LogP contribution >= 0.6 is 0 Å². The lowest BCUT2D eigenvalue weighted by molar-refractivity contribution is -0.167. The molecule has 1 saturated heterocycles. The number of carbonyl (C=O) groups is 1. The molecule has 3 aromatic carbocycles. The molecule has 0 saturated carbocycles. The fourth-order valence-electron chi connectivity index (χ4n) is 3.35. The van der Waals surface area contributed by atoms with E-state index in [2.05, 4.69) is 60.7 Å². The molecule has 1 heterocycles. The van der Waals surface area contributed by atoms with Gasteiger partial charge in [0.25, 0.3) is 0 Å². The molecule has 1 fully saturated rings. The Morgan fingerprint density at radius 1 is 0.821 bits per heavy atom. The molecule has 4 heteroatoms. The number of ether oxygens (including phenoxy) is 2. The number of benzene rings is 3. The maximum Gasteiger partial charge on any atom is 0.350 e. The second-order valence-corrected chi connectivity index (χ2v) is 9.00. The Morgan fingerprint density at radius 2 is 1.36 bits per heavy atom. The van der Waals surface area contributed by atoms with E-state index in [9.17, 15) is 4.79 Å². The number of hydrogen-bond donors (Lipinski definition) is 0. The molecule has 0 N–H and O–H groups in total. The molecule has 3 nitrogen and oxygen atoms in total. The van der Waals surface area contributed by atoms with E-state index >= 15 is 0 Å². The summed E-state index contributed by atoms with van der Waals surface area (Å²) in [6, 6.07) is 29.1. The standard InChI is InChI=1S/C24H23O3S/c1-24(17-8-18-26-23(24)25)27-19-13-15-22(16-14-19)28(20-9-4-2-5-10-20)21-11-6-3-7-12-21/h2-7,9-16H,8,17-18H2,1H3/q+1. The molecule has 28 heavy (non-hydrogen) atoms. The van der Waals surface area contributed by atoms with Gasteiger partial charge in [-0.25, -0.2) is 4.79 Å². The van der Waals surface area contributed by atoms with Crippen molar-refractivity contribution in [1.82, 2.24) is 0 Å². The van der Waals surface area contributed by atoms with Crippen LogP contribution < -0.4 is 4.74 Å². The quantitative estimate of drug-likeness (QED) is 0.440. The SMILES string of the molecule is CC1(Oc2ccc([S+](c3ccccc3)c3ccccc3)cc2)CCCOC1=O. The van der Waals surface area contributed by atoms with Crippen LogP contribution in [0.5, 0.6) is 5.75 Å². The fraction of sp³-hybridized carbons (Fsp3) is 0.208. The highest BCUT2D eigenvalue weighted by Crippen LogP contribution is 2.33. The first-order valence-corrected chi connectivity index (χ1v) is 10.7. The third-order valence-corrected chi connectivity index (χ3v) is 7.05. The zero-order valence-corrected chi connectivity index (χ0v) is 16.7. The molecule has 0 amide bonds. The van der Waals surface area contributed by atoms with Gasteiger partial charge in [0.15, 0.2) is 14.7 Å². The van der Waals surface area contributed by atoms with Crippen molar-refractivity contribution < 1.29 is 14.3 Å². The van der Waals surface area contributed by atoms with Gasteiger partial charge in [-0.2, -0.15) is 0 Å². The molecule has 1 unspecified atom stereocenters. The van der Waals surface area contributed by atoms with Crippen LogP contribution in [0.3, 0.4) is 0 Å². The molecule has 142 valence electrons. The van der Waals surface area contributed by atoms with Gasteiger partial charge in [-0.15, -0.1) is 0 Å². The minimum absolute atomic E-state index is 0.194. The van der Waals surface area contributed by atoms with Gasteiger partial charge in [0, 0.05) is 6.42 Å². The van der Waals surface area contributed by atoms with Crippen molar-refractivity contribution in [3.05, 3.63) is 84.9 Å². The van der Waals surface area contributed by atoms with Crippen molar-refractivity contribution in [2.45, 2.75) is 40.1 Å². The molecule has 0 aliphatic carbocycles. The van der Waals surface area contributed by atoms with Crippen molar-refractivity contribution in [3.63, 3.8) is 0 Å². The molecule has 1 aliphatic heterocycles. The molecule has 4 rings (SSSR count). The maximum absolute atomic E-state index is 12.1. The predicted molar refractivity (Wildman–Crippen MR) is 111 cm³/mol. The van der Waals surface area contributed by atoms with E-state index in [-0.39, 0.29) is 16.9 Å². The number of cyclic esters (lactones) is 1. The Kier molecular flexibility index (Phi) is 5.40.